The van der Waals surface area contributed by atoms with E-state index >= 15 is 0 Å². The van der Waals surface area contributed by atoms with Gasteiger partial charge in [-0.05, 0) is 54.3 Å². The summed E-state index contributed by atoms with van der Waals surface area (Å²) in [5.74, 6) is 0.682. The van der Waals surface area contributed by atoms with Gasteiger partial charge in [0.05, 0.1) is 0 Å². The minimum atomic E-state index is 0.327. The molecule has 1 aliphatic rings. The molecule has 2 aromatic carbocycles. The van der Waals surface area contributed by atoms with Crippen molar-refractivity contribution in [3.05, 3.63) is 68.7 Å². The maximum Gasteiger partial charge on any atom is 0.0455 e. The fraction of sp³-hybridized carbons (Fsp3) is 0.294. The van der Waals surface area contributed by atoms with Crippen LogP contribution < -0.4 is 5.32 Å². The summed E-state index contributed by atoms with van der Waals surface area (Å²) in [6.07, 6.45) is 1.02. The summed E-state index contributed by atoms with van der Waals surface area (Å²) in [4.78, 5) is 0. The van der Waals surface area contributed by atoms with Crippen LogP contribution in [-0.2, 0) is 0 Å². The summed E-state index contributed by atoms with van der Waals surface area (Å²) >= 11 is 18.8. The summed E-state index contributed by atoms with van der Waals surface area (Å²) in [6, 6.07) is 13.8. The van der Waals surface area contributed by atoms with Crippen molar-refractivity contribution in [2.45, 2.75) is 18.3 Å². The third-order valence-corrected chi connectivity index (χ3v) is 5.06. The zero-order chi connectivity index (χ0) is 14.8. The molecule has 2 aromatic rings. The number of halogens is 3. The van der Waals surface area contributed by atoms with Crippen molar-refractivity contribution in [2.75, 3.05) is 13.1 Å². The van der Waals surface area contributed by atoms with E-state index in [0.717, 1.165) is 40.1 Å². The highest BCUT2D eigenvalue weighted by atomic mass is 35.5. The molecule has 1 N–H and O–H groups in total. The predicted molar refractivity (Wildman–Crippen MR) is 90.9 cm³/mol. The first-order valence-electron chi connectivity index (χ1n) is 7.07. The van der Waals surface area contributed by atoms with Crippen LogP contribution in [0.2, 0.25) is 15.1 Å². The summed E-state index contributed by atoms with van der Waals surface area (Å²) < 4.78 is 0. The SMILES string of the molecule is Clc1ccc(C2CNCCC2c2c(Cl)cccc2Cl)cc1. The average molecular weight is 341 g/mol. The predicted octanol–water partition coefficient (Wildman–Crippen LogP) is 5.51. The summed E-state index contributed by atoms with van der Waals surface area (Å²) in [6.45, 7) is 1.91. The second-order valence-electron chi connectivity index (χ2n) is 5.39. The largest absolute Gasteiger partial charge is 0.316 e. The minimum Gasteiger partial charge on any atom is -0.316 e. The average Bonchev–Trinajstić information content (AvgIpc) is 2.48. The first-order valence-corrected chi connectivity index (χ1v) is 8.20. The number of hydrogen-bond acceptors (Lipinski definition) is 1. The molecular weight excluding hydrogens is 325 g/mol. The van der Waals surface area contributed by atoms with Gasteiger partial charge in [0.1, 0.15) is 0 Å². The lowest BCUT2D eigenvalue weighted by atomic mass is 9.77. The Balaban J connectivity index is 2.00. The third kappa shape index (κ3) is 3.22. The lowest BCUT2D eigenvalue weighted by Crippen LogP contribution is -2.34. The number of nitrogens with one attached hydrogen (secondary N) is 1. The van der Waals surface area contributed by atoms with E-state index in [-0.39, 0.29) is 0 Å². The third-order valence-electron chi connectivity index (χ3n) is 4.15. The van der Waals surface area contributed by atoms with E-state index < -0.39 is 0 Å². The van der Waals surface area contributed by atoms with E-state index in [4.69, 9.17) is 34.8 Å². The maximum absolute atomic E-state index is 6.41. The minimum absolute atomic E-state index is 0.327. The van der Waals surface area contributed by atoms with Gasteiger partial charge in [0.2, 0.25) is 0 Å². The molecule has 0 bridgehead atoms. The highest BCUT2D eigenvalue weighted by Gasteiger charge is 2.30. The van der Waals surface area contributed by atoms with Crippen molar-refractivity contribution < 1.29 is 0 Å². The first kappa shape index (κ1) is 15.2. The Morgan fingerprint density at radius 2 is 1.52 bits per heavy atom. The molecule has 0 aromatic heterocycles. The first-order chi connectivity index (χ1) is 10.2. The number of benzene rings is 2. The zero-order valence-corrected chi connectivity index (χ0v) is 13.7. The Kier molecular flexibility index (Phi) is 4.75. The second kappa shape index (κ2) is 6.58. The fourth-order valence-corrected chi connectivity index (χ4v) is 3.93. The van der Waals surface area contributed by atoms with Crippen LogP contribution in [-0.4, -0.2) is 13.1 Å². The van der Waals surface area contributed by atoms with Crippen molar-refractivity contribution in [3.8, 4) is 0 Å². The maximum atomic E-state index is 6.41. The van der Waals surface area contributed by atoms with Crippen molar-refractivity contribution in [3.63, 3.8) is 0 Å². The molecule has 1 aliphatic heterocycles. The van der Waals surface area contributed by atoms with Gasteiger partial charge in [0, 0.05) is 27.5 Å². The lowest BCUT2D eigenvalue weighted by molar-refractivity contribution is 0.404. The Hall–Kier alpha value is -0.730. The van der Waals surface area contributed by atoms with Crippen molar-refractivity contribution in [1.29, 1.82) is 0 Å². The molecule has 0 spiro atoms. The van der Waals surface area contributed by atoms with Crippen LogP contribution in [0.3, 0.4) is 0 Å². The molecule has 0 radical (unpaired) electrons. The van der Waals surface area contributed by atoms with Crippen LogP contribution in [0.5, 0.6) is 0 Å². The molecule has 1 nitrogen and oxygen atoms in total. The normalized spacial score (nSPS) is 22.2. The van der Waals surface area contributed by atoms with Crippen molar-refractivity contribution >= 4 is 34.8 Å². The van der Waals surface area contributed by atoms with Gasteiger partial charge in [-0.25, -0.2) is 0 Å². The van der Waals surface area contributed by atoms with E-state index in [9.17, 15) is 0 Å². The quantitative estimate of drug-likeness (QED) is 0.760. The van der Waals surface area contributed by atoms with Gasteiger partial charge >= 0.3 is 0 Å². The Labute approximate surface area is 140 Å². The topological polar surface area (TPSA) is 12.0 Å². The molecular formula is C17H16Cl3N. The van der Waals surface area contributed by atoms with E-state index in [2.05, 4.69) is 17.4 Å². The molecule has 1 heterocycles. The number of rotatable bonds is 2. The molecule has 21 heavy (non-hydrogen) atoms. The summed E-state index contributed by atoms with van der Waals surface area (Å²) in [5, 5.41) is 5.74. The van der Waals surface area contributed by atoms with Gasteiger partial charge in [0.25, 0.3) is 0 Å². The van der Waals surface area contributed by atoms with Gasteiger partial charge in [0.15, 0.2) is 0 Å². The highest BCUT2D eigenvalue weighted by Crippen LogP contribution is 2.43. The highest BCUT2D eigenvalue weighted by molar-refractivity contribution is 6.36. The molecule has 0 aliphatic carbocycles. The molecule has 0 saturated carbocycles. The summed E-state index contributed by atoms with van der Waals surface area (Å²) in [5.41, 5.74) is 2.34. The summed E-state index contributed by atoms with van der Waals surface area (Å²) in [7, 11) is 0. The number of hydrogen-bond donors (Lipinski definition) is 1. The van der Waals surface area contributed by atoms with Gasteiger partial charge in [-0.1, -0.05) is 53.0 Å². The molecule has 1 saturated heterocycles. The lowest BCUT2D eigenvalue weighted by Gasteiger charge is -2.34. The Morgan fingerprint density at radius 1 is 0.857 bits per heavy atom. The van der Waals surface area contributed by atoms with Gasteiger partial charge in [-0.2, -0.15) is 0 Å². The van der Waals surface area contributed by atoms with Crippen LogP contribution in [0.4, 0.5) is 0 Å². The monoisotopic (exact) mass is 339 g/mol. The molecule has 1 fully saturated rings. The van der Waals surface area contributed by atoms with Gasteiger partial charge in [-0.15, -0.1) is 0 Å². The second-order valence-corrected chi connectivity index (χ2v) is 6.64. The van der Waals surface area contributed by atoms with Crippen LogP contribution in [0.1, 0.15) is 29.4 Å². The molecule has 4 heteroatoms. The van der Waals surface area contributed by atoms with Crippen LogP contribution >= 0.6 is 34.8 Å². The molecule has 110 valence electrons. The van der Waals surface area contributed by atoms with E-state index in [1.54, 1.807) is 0 Å². The standard InChI is InChI=1S/C17H16Cl3N/c18-12-6-4-11(5-7-12)14-10-21-9-8-13(14)17-15(19)2-1-3-16(17)20/h1-7,13-14,21H,8-10H2. The van der Waals surface area contributed by atoms with Crippen molar-refractivity contribution in [1.82, 2.24) is 5.32 Å². The van der Waals surface area contributed by atoms with Crippen LogP contribution in [0.15, 0.2) is 42.5 Å². The number of piperidine rings is 1. The van der Waals surface area contributed by atoms with Gasteiger partial charge < -0.3 is 5.32 Å². The van der Waals surface area contributed by atoms with E-state index in [1.807, 2.05) is 30.3 Å². The Bertz CT molecular complexity index is 604. The van der Waals surface area contributed by atoms with Crippen LogP contribution in [0.25, 0.3) is 0 Å². The molecule has 2 unspecified atom stereocenters. The molecule has 2 atom stereocenters. The Morgan fingerprint density at radius 3 is 2.19 bits per heavy atom. The van der Waals surface area contributed by atoms with Crippen LogP contribution in [0, 0.1) is 0 Å². The van der Waals surface area contributed by atoms with Gasteiger partial charge in [-0.3, -0.25) is 0 Å². The zero-order valence-electron chi connectivity index (χ0n) is 11.5. The molecule has 3 rings (SSSR count). The van der Waals surface area contributed by atoms with Crippen molar-refractivity contribution in [2.24, 2.45) is 0 Å². The van der Waals surface area contributed by atoms with E-state index in [1.165, 1.54) is 5.56 Å². The smallest absolute Gasteiger partial charge is 0.0455 e. The van der Waals surface area contributed by atoms with E-state index in [0.29, 0.717) is 11.8 Å². The molecule has 0 amide bonds. The fourth-order valence-electron chi connectivity index (χ4n) is 3.13.